The van der Waals surface area contributed by atoms with Crippen LogP contribution >= 0.6 is 0 Å². The van der Waals surface area contributed by atoms with Gasteiger partial charge >= 0.3 is 0 Å². The zero-order valence-electron chi connectivity index (χ0n) is 18.0. The molecule has 0 aliphatic carbocycles. The molecule has 0 aliphatic rings. The highest BCUT2D eigenvalue weighted by atomic mass is 14.2. The summed E-state index contributed by atoms with van der Waals surface area (Å²) < 4.78 is 0. The second kappa shape index (κ2) is 5.74. The molecule has 0 atom stereocenters. The number of hydrogen-bond donors (Lipinski definition) is 0. The fraction of sp³-hybridized carbons (Fsp3) is 0.0968. The van der Waals surface area contributed by atoms with Crippen molar-refractivity contribution in [3.8, 4) is 0 Å². The molecule has 7 aromatic carbocycles. The first-order valence-electron chi connectivity index (χ1n) is 11.1. The predicted molar refractivity (Wildman–Crippen MR) is 138 cm³/mol. The van der Waals surface area contributed by atoms with Crippen molar-refractivity contribution in [2.45, 2.75) is 20.8 Å². The maximum Gasteiger partial charge on any atom is -0.00138 e. The summed E-state index contributed by atoms with van der Waals surface area (Å²) in [7, 11) is 0. The first kappa shape index (κ1) is 17.1. The zero-order valence-corrected chi connectivity index (χ0v) is 18.0. The number of benzene rings is 7. The van der Waals surface area contributed by atoms with Crippen LogP contribution in [0.5, 0.6) is 0 Å². The van der Waals surface area contributed by atoms with E-state index in [-0.39, 0.29) is 0 Å². The Morgan fingerprint density at radius 3 is 1.94 bits per heavy atom. The Labute approximate surface area is 181 Å². The molecule has 0 heterocycles. The Morgan fingerprint density at radius 1 is 0.516 bits per heavy atom. The molecule has 0 saturated carbocycles. The van der Waals surface area contributed by atoms with Crippen molar-refractivity contribution in [2.24, 2.45) is 0 Å². The van der Waals surface area contributed by atoms with E-state index in [1.165, 1.54) is 81.3 Å². The largest absolute Gasteiger partial charge is 0.0871 e. The quantitative estimate of drug-likeness (QED) is 0.192. The lowest BCUT2D eigenvalue weighted by Crippen LogP contribution is -1.94. The number of allylic oxidation sites excluding steroid dienone is 1. The maximum atomic E-state index is 2.43. The molecule has 31 heavy (non-hydrogen) atoms. The van der Waals surface area contributed by atoms with Crippen LogP contribution in [0.4, 0.5) is 0 Å². The van der Waals surface area contributed by atoms with Crippen LogP contribution < -0.4 is 0 Å². The lowest BCUT2D eigenvalue weighted by Gasteiger charge is -2.21. The average Bonchev–Trinajstić information content (AvgIpc) is 2.80. The summed E-state index contributed by atoms with van der Waals surface area (Å²) in [6, 6.07) is 25.4. The van der Waals surface area contributed by atoms with Crippen molar-refractivity contribution >= 4 is 70.7 Å². The van der Waals surface area contributed by atoms with Crippen LogP contribution in [-0.4, -0.2) is 0 Å². The molecule has 0 heteroatoms. The van der Waals surface area contributed by atoms with E-state index < -0.39 is 0 Å². The number of hydrogen-bond acceptors (Lipinski definition) is 0. The predicted octanol–water partition coefficient (Wildman–Crippen LogP) is 9.13. The van der Waals surface area contributed by atoms with Gasteiger partial charge in [0, 0.05) is 0 Å². The molecule has 0 aliphatic heterocycles. The molecule has 0 radical (unpaired) electrons. The molecule has 0 nitrogen and oxygen atoms in total. The Bertz CT molecular complexity index is 1850. The Hall–Kier alpha value is -3.64. The van der Waals surface area contributed by atoms with Gasteiger partial charge in [-0.3, -0.25) is 0 Å². The first-order valence-corrected chi connectivity index (χ1v) is 11.1. The number of aryl methyl sites for hydroxylation is 2. The molecule has 7 aromatic rings. The summed E-state index contributed by atoms with van der Waals surface area (Å²) >= 11 is 0. The van der Waals surface area contributed by atoms with Gasteiger partial charge in [0.15, 0.2) is 0 Å². The summed E-state index contributed by atoms with van der Waals surface area (Å²) in [4.78, 5) is 0. The van der Waals surface area contributed by atoms with Crippen molar-refractivity contribution in [3.05, 3.63) is 89.5 Å². The van der Waals surface area contributed by atoms with Crippen LogP contribution in [0.15, 0.2) is 72.8 Å². The highest BCUT2D eigenvalue weighted by Crippen LogP contribution is 2.47. The van der Waals surface area contributed by atoms with Crippen LogP contribution in [0.3, 0.4) is 0 Å². The van der Waals surface area contributed by atoms with Gasteiger partial charge in [0.05, 0.1) is 0 Å². The third-order valence-electron chi connectivity index (χ3n) is 7.42. The van der Waals surface area contributed by atoms with E-state index in [1.807, 2.05) is 0 Å². The summed E-state index contributed by atoms with van der Waals surface area (Å²) in [5.41, 5.74) is 4.06. The van der Waals surface area contributed by atoms with Gasteiger partial charge in [0.2, 0.25) is 0 Å². The summed E-state index contributed by atoms with van der Waals surface area (Å²) in [6.07, 6.45) is 4.37. The minimum absolute atomic E-state index is 1.31. The van der Waals surface area contributed by atoms with Gasteiger partial charge in [0.25, 0.3) is 0 Å². The number of rotatable bonds is 1. The Morgan fingerprint density at radius 2 is 1.16 bits per heavy atom. The van der Waals surface area contributed by atoms with Crippen molar-refractivity contribution < 1.29 is 0 Å². The van der Waals surface area contributed by atoms with Crippen molar-refractivity contribution in [1.29, 1.82) is 0 Å². The van der Waals surface area contributed by atoms with E-state index in [9.17, 15) is 0 Å². The second-order valence-electron chi connectivity index (χ2n) is 8.96. The van der Waals surface area contributed by atoms with Gasteiger partial charge in [-0.1, -0.05) is 60.7 Å². The summed E-state index contributed by atoms with van der Waals surface area (Å²) in [5, 5.41) is 16.6. The third-order valence-corrected chi connectivity index (χ3v) is 7.42. The van der Waals surface area contributed by atoms with E-state index >= 15 is 0 Å². The van der Waals surface area contributed by atoms with Crippen LogP contribution in [0, 0.1) is 13.8 Å². The van der Waals surface area contributed by atoms with E-state index in [2.05, 4.69) is 99.7 Å². The summed E-state index contributed by atoms with van der Waals surface area (Å²) in [6.45, 7) is 6.63. The Kier molecular flexibility index (Phi) is 3.16. The standard InChI is InChI=1S/C31H22/c1-4-7-19-14-20-10-11-21-16-27-25-9-6-5-8-23(25)18(3)24-13-12-22-15-26(17(19)2)28(20)29(21)30(22)31(24)27/h4-16H,1-3H3. The molecule has 0 N–H and O–H groups in total. The minimum Gasteiger partial charge on any atom is -0.0871 e. The van der Waals surface area contributed by atoms with Gasteiger partial charge in [-0.25, -0.2) is 0 Å². The van der Waals surface area contributed by atoms with Gasteiger partial charge in [0.1, 0.15) is 0 Å². The fourth-order valence-electron chi connectivity index (χ4n) is 5.97. The molecule has 7 rings (SSSR count). The van der Waals surface area contributed by atoms with Crippen molar-refractivity contribution in [2.75, 3.05) is 0 Å². The lowest BCUT2D eigenvalue weighted by atomic mass is 9.82. The van der Waals surface area contributed by atoms with E-state index in [1.54, 1.807) is 0 Å². The van der Waals surface area contributed by atoms with Gasteiger partial charge in [-0.2, -0.15) is 0 Å². The molecule has 0 unspecified atom stereocenters. The van der Waals surface area contributed by atoms with E-state index in [0.717, 1.165) is 0 Å². The average molecular weight is 395 g/mol. The molecule has 0 saturated heterocycles. The smallest absolute Gasteiger partial charge is 0.00138 e. The molecule has 0 bridgehead atoms. The first-order chi connectivity index (χ1) is 15.2. The molecule has 0 amide bonds. The number of fused-ring (bicyclic) bond motifs is 2. The van der Waals surface area contributed by atoms with Gasteiger partial charge in [-0.15, -0.1) is 0 Å². The molecular formula is C31H22. The van der Waals surface area contributed by atoms with Crippen LogP contribution in [0.1, 0.15) is 23.6 Å². The van der Waals surface area contributed by atoms with Gasteiger partial charge < -0.3 is 0 Å². The molecular weight excluding hydrogens is 372 g/mol. The Balaban J connectivity index is 1.85. The maximum absolute atomic E-state index is 2.43. The van der Waals surface area contributed by atoms with Crippen LogP contribution in [0.25, 0.3) is 70.7 Å². The van der Waals surface area contributed by atoms with Gasteiger partial charge in [-0.05, 0) is 120 Å². The minimum atomic E-state index is 1.31. The third kappa shape index (κ3) is 2.00. The zero-order chi connectivity index (χ0) is 20.9. The normalized spacial score (nSPS) is 12.9. The monoisotopic (exact) mass is 394 g/mol. The highest BCUT2D eigenvalue weighted by molar-refractivity contribution is 6.39. The van der Waals surface area contributed by atoms with Crippen LogP contribution in [-0.2, 0) is 0 Å². The molecule has 0 fully saturated rings. The lowest BCUT2D eigenvalue weighted by molar-refractivity contribution is 1.51. The van der Waals surface area contributed by atoms with Crippen molar-refractivity contribution in [1.82, 2.24) is 0 Å². The second-order valence-corrected chi connectivity index (χ2v) is 8.96. The van der Waals surface area contributed by atoms with Crippen molar-refractivity contribution in [3.63, 3.8) is 0 Å². The molecule has 146 valence electrons. The fourth-order valence-corrected chi connectivity index (χ4v) is 5.97. The van der Waals surface area contributed by atoms with Crippen LogP contribution in [0.2, 0.25) is 0 Å². The SMILES string of the molecule is CC=Cc1cc2ccc3cc4c5ccccc5c(C)c5ccc6cc(c1C)c2c3c6c54. The summed E-state index contributed by atoms with van der Waals surface area (Å²) in [5.74, 6) is 0. The van der Waals surface area contributed by atoms with E-state index in [4.69, 9.17) is 0 Å². The van der Waals surface area contributed by atoms with E-state index in [0.29, 0.717) is 0 Å². The highest BCUT2D eigenvalue weighted by Gasteiger charge is 2.19. The molecule has 0 aromatic heterocycles. The molecule has 0 spiro atoms. The topological polar surface area (TPSA) is 0 Å².